The van der Waals surface area contributed by atoms with Crippen LogP contribution in [0, 0.1) is 6.92 Å². The van der Waals surface area contributed by atoms with E-state index < -0.39 is 10.0 Å². The van der Waals surface area contributed by atoms with Crippen LogP contribution in [-0.2, 0) is 10.0 Å². The largest absolute Gasteiger partial charge is 0.480 e. The molecule has 2 aromatic heterocycles. The number of hydrogen-bond donors (Lipinski definition) is 2. The first-order chi connectivity index (χ1) is 9.46. The maximum atomic E-state index is 12.1. The van der Waals surface area contributed by atoms with Gasteiger partial charge in [0.1, 0.15) is 11.5 Å². The monoisotopic (exact) mass is 296 g/mol. The number of nitrogens with zero attached hydrogens (tertiary/aromatic N) is 2. The van der Waals surface area contributed by atoms with Gasteiger partial charge in [-0.2, -0.15) is 8.42 Å². The van der Waals surface area contributed by atoms with E-state index in [1.807, 2.05) is 0 Å². The molecule has 0 radical (unpaired) electrons. The summed E-state index contributed by atoms with van der Waals surface area (Å²) in [5.74, 6) is 0.531. The number of carbonyl (C=O) groups is 1. The molecular weight excluding hydrogens is 284 g/mol. The molecule has 0 spiro atoms. The topological polar surface area (TPSA) is 114 Å². The van der Waals surface area contributed by atoms with E-state index in [4.69, 9.17) is 4.74 Å². The highest BCUT2D eigenvalue weighted by molar-refractivity contribution is 7.92. The zero-order chi connectivity index (χ0) is 14.8. The number of nitrogens with one attached hydrogen (secondary N) is 2. The second-order valence-corrected chi connectivity index (χ2v) is 5.50. The number of aryl methyl sites for hydroxylation is 1. The van der Waals surface area contributed by atoms with Crippen LogP contribution in [0.4, 0.5) is 5.69 Å². The predicted octanol–water partition coefficient (Wildman–Crippen LogP) is 0.735. The van der Waals surface area contributed by atoms with E-state index in [0.717, 1.165) is 0 Å². The van der Waals surface area contributed by atoms with Crippen LogP contribution in [0.2, 0.25) is 0 Å². The summed E-state index contributed by atoms with van der Waals surface area (Å²) in [6.07, 6.45) is 3.10. The molecule has 0 unspecified atom stereocenters. The third-order valence-electron chi connectivity index (χ3n) is 2.40. The minimum Gasteiger partial charge on any atom is -0.480 e. The van der Waals surface area contributed by atoms with Crippen molar-refractivity contribution in [2.75, 3.05) is 11.8 Å². The minimum absolute atomic E-state index is 0.0615. The Morgan fingerprint density at radius 3 is 2.75 bits per heavy atom. The number of H-pyrrole nitrogens is 1. The number of methoxy groups -OCH3 is 1. The number of ether oxygens (including phenoxy) is 1. The van der Waals surface area contributed by atoms with Crippen LogP contribution in [0.5, 0.6) is 5.88 Å². The molecule has 0 saturated carbocycles. The fourth-order valence-corrected chi connectivity index (χ4v) is 2.51. The molecule has 2 heterocycles. The Balaban J connectivity index is 2.40. The lowest BCUT2D eigenvalue weighted by atomic mass is 10.3. The zero-order valence-corrected chi connectivity index (χ0v) is 11.6. The normalized spacial score (nSPS) is 11.1. The molecule has 2 rings (SSSR count). The minimum atomic E-state index is -3.88. The molecule has 0 saturated heterocycles. The molecule has 0 bridgehead atoms. The van der Waals surface area contributed by atoms with Gasteiger partial charge in [-0.25, -0.2) is 9.97 Å². The standard InChI is InChI=1S/C11H12N4O4S/c1-7-12-5-10(14-7)20(17,18)15-9-3-8(6-16)4-13-11(9)19-2/h3-6,15H,1-2H3,(H,12,14). The van der Waals surface area contributed by atoms with Gasteiger partial charge >= 0.3 is 0 Å². The summed E-state index contributed by atoms with van der Waals surface area (Å²) in [5.41, 5.74) is 0.291. The van der Waals surface area contributed by atoms with Gasteiger partial charge in [-0.15, -0.1) is 0 Å². The van der Waals surface area contributed by atoms with Crippen molar-refractivity contribution in [3.05, 3.63) is 29.8 Å². The lowest BCUT2D eigenvalue weighted by Gasteiger charge is -2.09. The van der Waals surface area contributed by atoms with Crippen LogP contribution >= 0.6 is 0 Å². The lowest BCUT2D eigenvalue weighted by Crippen LogP contribution is -2.14. The highest BCUT2D eigenvalue weighted by Gasteiger charge is 2.20. The third-order valence-corrected chi connectivity index (χ3v) is 3.65. The SMILES string of the molecule is COc1ncc(C=O)cc1NS(=O)(=O)c1c[nH]c(C)n1. The Hall–Kier alpha value is -2.42. The van der Waals surface area contributed by atoms with Gasteiger partial charge in [-0.1, -0.05) is 0 Å². The van der Waals surface area contributed by atoms with E-state index in [2.05, 4.69) is 19.7 Å². The van der Waals surface area contributed by atoms with Gasteiger partial charge in [0.05, 0.1) is 7.11 Å². The number of aromatic amines is 1. The first-order valence-corrected chi connectivity index (χ1v) is 6.98. The van der Waals surface area contributed by atoms with Gasteiger partial charge in [-0.3, -0.25) is 9.52 Å². The molecule has 0 aliphatic carbocycles. The summed E-state index contributed by atoms with van der Waals surface area (Å²) in [6.45, 7) is 1.63. The average molecular weight is 296 g/mol. The summed E-state index contributed by atoms with van der Waals surface area (Å²) in [4.78, 5) is 21.1. The predicted molar refractivity (Wildman–Crippen MR) is 70.3 cm³/mol. The molecule has 0 fully saturated rings. The highest BCUT2D eigenvalue weighted by atomic mass is 32.2. The zero-order valence-electron chi connectivity index (χ0n) is 10.7. The Bertz CT molecular complexity index is 739. The molecule has 20 heavy (non-hydrogen) atoms. The van der Waals surface area contributed by atoms with Crippen molar-refractivity contribution in [3.8, 4) is 5.88 Å². The average Bonchev–Trinajstić information content (AvgIpc) is 2.86. The first kappa shape index (κ1) is 14.0. The Morgan fingerprint density at radius 2 is 2.20 bits per heavy atom. The first-order valence-electron chi connectivity index (χ1n) is 5.50. The number of rotatable bonds is 5. The molecule has 0 amide bonds. The lowest BCUT2D eigenvalue weighted by molar-refractivity contribution is 0.112. The van der Waals surface area contributed by atoms with Gasteiger partial charge in [0, 0.05) is 18.0 Å². The maximum Gasteiger partial charge on any atom is 0.281 e. The number of pyridine rings is 1. The Morgan fingerprint density at radius 1 is 1.45 bits per heavy atom. The van der Waals surface area contributed by atoms with Gasteiger partial charge in [0.15, 0.2) is 11.3 Å². The molecule has 9 heteroatoms. The number of anilines is 1. The van der Waals surface area contributed by atoms with Crippen LogP contribution in [0.3, 0.4) is 0 Å². The summed E-state index contributed by atoms with van der Waals surface area (Å²) < 4.78 is 31.5. The summed E-state index contributed by atoms with van der Waals surface area (Å²) >= 11 is 0. The smallest absolute Gasteiger partial charge is 0.281 e. The molecule has 2 aromatic rings. The van der Waals surface area contributed by atoms with Crippen LogP contribution < -0.4 is 9.46 Å². The molecular formula is C11H12N4O4S. The van der Waals surface area contributed by atoms with E-state index in [0.29, 0.717) is 12.1 Å². The highest BCUT2D eigenvalue weighted by Crippen LogP contribution is 2.24. The molecule has 106 valence electrons. The molecule has 0 aromatic carbocycles. The van der Waals surface area contributed by atoms with Gasteiger partial charge in [-0.05, 0) is 13.0 Å². The Labute approximate surface area is 115 Å². The van der Waals surface area contributed by atoms with Crippen molar-refractivity contribution in [2.24, 2.45) is 0 Å². The van der Waals surface area contributed by atoms with E-state index in [-0.39, 0.29) is 22.2 Å². The van der Waals surface area contributed by atoms with Crippen LogP contribution in [-0.4, -0.2) is 36.8 Å². The molecule has 0 aliphatic rings. The van der Waals surface area contributed by atoms with Crippen molar-refractivity contribution >= 4 is 22.0 Å². The molecule has 0 atom stereocenters. The molecule has 2 N–H and O–H groups in total. The summed E-state index contributed by atoms with van der Waals surface area (Å²) in [6, 6.07) is 1.33. The van der Waals surface area contributed by atoms with Crippen LogP contribution in [0.25, 0.3) is 0 Å². The summed E-state index contributed by atoms with van der Waals surface area (Å²) in [7, 11) is -2.53. The number of carbonyl (C=O) groups excluding carboxylic acids is 1. The van der Waals surface area contributed by atoms with E-state index in [1.165, 1.54) is 25.6 Å². The van der Waals surface area contributed by atoms with Gasteiger partial charge in [0.2, 0.25) is 5.88 Å². The number of imidazole rings is 1. The maximum absolute atomic E-state index is 12.1. The fraction of sp³-hybridized carbons (Fsp3) is 0.182. The second-order valence-electron chi connectivity index (χ2n) is 3.87. The quantitative estimate of drug-likeness (QED) is 0.786. The number of hydrogen-bond acceptors (Lipinski definition) is 6. The van der Waals surface area contributed by atoms with E-state index >= 15 is 0 Å². The van der Waals surface area contributed by atoms with Crippen molar-refractivity contribution in [2.45, 2.75) is 11.9 Å². The summed E-state index contributed by atoms with van der Waals surface area (Å²) in [5, 5.41) is -0.159. The van der Waals surface area contributed by atoms with Crippen molar-refractivity contribution in [1.29, 1.82) is 0 Å². The van der Waals surface area contributed by atoms with Crippen molar-refractivity contribution in [3.63, 3.8) is 0 Å². The molecule has 0 aliphatic heterocycles. The van der Waals surface area contributed by atoms with Gasteiger partial charge < -0.3 is 9.72 Å². The Kier molecular flexibility index (Phi) is 3.70. The second kappa shape index (κ2) is 5.29. The molecule has 8 nitrogen and oxygen atoms in total. The van der Waals surface area contributed by atoms with Crippen LogP contribution in [0.1, 0.15) is 16.2 Å². The third kappa shape index (κ3) is 2.77. The number of aldehydes is 1. The van der Waals surface area contributed by atoms with Gasteiger partial charge in [0.25, 0.3) is 10.0 Å². The number of aromatic nitrogens is 3. The van der Waals surface area contributed by atoms with E-state index in [1.54, 1.807) is 6.92 Å². The number of sulfonamides is 1. The van der Waals surface area contributed by atoms with Crippen molar-refractivity contribution < 1.29 is 17.9 Å². The van der Waals surface area contributed by atoms with E-state index in [9.17, 15) is 13.2 Å². The van der Waals surface area contributed by atoms with Crippen molar-refractivity contribution in [1.82, 2.24) is 15.0 Å². The van der Waals surface area contributed by atoms with Crippen LogP contribution in [0.15, 0.2) is 23.5 Å². The fourth-order valence-electron chi connectivity index (χ4n) is 1.50.